The molecular formula is C20H25N5O4S. The van der Waals surface area contributed by atoms with Crippen LogP contribution in [-0.4, -0.2) is 69.2 Å². The maximum atomic E-state index is 13.0. The topological polar surface area (TPSA) is 107 Å². The smallest absolute Gasteiger partial charge is 0.253 e. The number of nitrogens with one attached hydrogen (secondary N) is 1. The molecule has 1 aromatic heterocycles. The van der Waals surface area contributed by atoms with Crippen molar-refractivity contribution in [3.05, 3.63) is 51.4 Å². The minimum atomic E-state index is -3.32. The van der Waals surface area contributed by atoms with Gasteiger partial charge in [0.15, 0.2) is 0 Å². The molecule has 9 nitrogen and oxygen atoms in total. The maximum absolute atomic E-state index is 13.0. The number of sulfonamides is 1. The van der Waals surface area contributed by atoms with Gasteiger partial charge in [0.2, 0.25) is 16.0 Å². The Hall–Kier alpha value is -2.88. The summed E-state index contributed by atoms with van der Waals surface area (Å²) in [7, 11) is 0.305. The van der Waals surface area contributed by atoms with E-state index in [-0.39, 0.29) is 17.4 Å². The summed E-state index contributed by atoms with van der Waals surface area (Å²) in [6.07, 6.45) is 2.52. The lowest BCUT2D eigenvalue weighted by Gasteiger charge is -2.19. The fourth-order valence-corrected chi connectivity index (χ4v) is 5.06. The van der Waals surface area contributed by atoms with Crippen LogP contribution < -0.4 is 14.8 Å². The maximum Gasteiger partial charge on any atom is 0.253 e. The van der Waals surface area contributed by atoms with Gasteiger partial charge in [-0.1, -0.05) is 0 Å². The number of likely N-dealkylation sites (tertiary alicyclic amines) is 1. The van der Waals surface area contributed by atoms with Crippen LogP contribution in [0.25, 0.3) is 0 Å². The van der Waals surface area contributed by atoms with Crippen LogP contribution >= 0.6 is 0 Å². The first kappa shape index (κ1) is 20.4. The fourth-order valence-electron chi connectivity index (χ4n) is 4.10. The van der Waals surface area contributed by atoms with E-state index in [9.17, 15) is 18.0 Å². The molecule has 10 heteroatoms. The van der Waals surface area contributed by atoms with Crippen LogP contribution in [0.2, 0.25) is 0 Å². The lowest BCUT2D eigenvalue weighted by atomic mass is 10.0. The van der Waals surface area contributed by atoms with E-state index in [1.54, 1.807) is 28.0 Å². The molecule has 0 spiro atoms. The number of amides is 1. The molecule has 0 aliphatic carbocycles. The van der Waals surface area contributed by atoms with E-state index in [1.165, 1.54) is 16.6 Å². The molecule has 4 rings (SSSR count). The average molecular weight is 432 g/mol. The number of benzene rings is 1. The first-order valence-corrected chi connectivity index (χ1v) is 11.7. The molecule has 0 bridgehead atoms. The lowest BCUT2D eigenvalue weighted by Crippen LogP contribution is -2.29. The molecule has 1 N–H and O–H groups in total. The normalized spacial score (nSPS) is 18.6. The Bertz CT molecular complexity index is 1160. The molecule has 0 unspecified atom stereocenters. The van der Waals surface area contributed by atoms with Crippen LogP contribution in [0, 0.1) is 0 Å². The predicted octanol–water partition coefficient (Wildman–Crippen LogP) is 0.788. The Morgan fingerprint density at radius 3 is 2.70 bits per heavy atom. The molecule has 3 heterocycles. The van der Waals surface area contributed by atoms with Gasteiger partial charge in [-0.15, -0.1) is 0 Å². The number of carbonyl (C=O) groups excluding carboxylic acids is 1. The molecule has 0 saturated carbocycles. The van der Waals surface area contributed by atoms with Gasteiger partial charge in [-0.05, 0) is 36.6 Å². The summed E-state index contributed by atoms with van der Waals surface area (Å²) in [5.74, 6) is 0.414. The Morgan fingerprint density at radius 1 is 1.23 bits per heavy atom. The zero-order chi connectivity index (χ0) is 21.6. The van der Waals surface area contributed by atoms with Crippen molar-refractivity contribution in [2.45, 2.75) is 18.8 Å². The average Bonchev–Trinajstić information content (AvgIpc) is 3.33. The minimum absolute atomic E-state index is 0.00473. The molecule has 2 aliphatic heterocycles. The molecule has 1 saturated heterocycles. The molecule has 1 aromatic carbocycles. The van der Waals surface area contributed by atoms with Crippen molar-refractivity contribution in [2.75, 3.05) is 49.2 Å². The first-order chi connectivity index (χ1) is 14.1. The van der Waals surface area contributed by atoms with E-state index < -0.39 is 10.0 Å². The summed E-state index contributed by atoms with van der Waals surface area (Å²) in [6, 6.07) is 6.70. The summed E-state index contributed by atoms with van der Waals surface area (Å²) in [5, 5.41) is 0. The molecule has 0 radical (unpaired) electrons. The van der Waals surface area contributed by atoms with E-state index in [0.29, 0.717) is 48.9 Å². The number of aromatic amines is 1. The molecular weight excluding hydrogens is 406 g/mol. The summed E-state index contributed by atoms with van der Waals surface area (Å²) in [4.78, 5) is 35.8. The van der Waals surface area contributed by atoms with Crippen LogP contribution in [0.5, 0.6) is 0 Å². The van der Waals surface area contributed by atoms with Crippen LogP contribution in [0.4, 0.5) is 11.6 Å². The second-order valence-electron chi connectivity index (χ2n) is 8.05. The fraction of sp³-hybridized carbons (Fsp3) is 0.450. The number of hydrogen-bond acceptors (Lipinski definition) is 6. The van der Waals surface area contributed by atoms with Crippen molar-refractivity contribution in [1.29, 1.82) is 0 Å². The highest BCUT2D eigenvalue weighted by atomic mass is 32.2. The van der Waals surface area contributed by atoms with Crippen LogP contribution in [0.3, 0.4) is 0 Å². The van der Waals surface area contributed by atoms with Crippen molar-refractivity contribution in [1.82, 2.24) is 14.9 Å². The van der Waals surface area contributed by atoms with Gasteiger partial charge in [0.05, 0.1) is 17.6 Å². The highest BCUT2D eigenvalue weighted by molar-refractivity contribution is 7.92. The van der Waals surface area contributed by atoms with Gasteiger partial charge in [0, 0.05) is 51.3 Å². The first-order valence-electron chi connectivity index (χ1n) is 9.82. The zero-order valence-electron chi connectivity index (χ0n) is 17.3. The van der Waals surface area contributed by atoms with Crippen molar-refractivity contribution < 1.29 is 13.2 Å². The second kappa shape index (κ2) is 7.42. The van der Waals surface area contributed by atoms with Gasteiger partial charge in [-0.2, -0.15) is 0 Å². The Morgan fingerprint density at radius 2 is 2.00 bits per heavy atom. The number of aromatic nitrogens is 2. The quantitative estimate of drug-likeness (QED) is 0.767. The number of nitrogens with zero attached hydrogens (tertiary/aromatic N) is 4. The SMILES string of the molecule is CN(C)c1nc([C@H]2CCN(C(=O)c3ccc4c(c3)CCN4S(C)(=O)=O)C2)cc(=O)[nH]1. The van der Waals surface area contributed by atoms with Crippen molar-refractivity contribution in [2.24, 2.45) is 0 Å². The monoisotopic (exact) mass is 431 g/mol. The van der Waals surface area contributed by atoms with Gasteiger partial charge >= 0.3 is 0 Å². The molecule has 30 heavy (non-hydrogen) atoms. The summed E-state index contributed by atoms with van der Waals surface area (Å²) in [5.41, 5.74) is 2.56. The number of hydrogen-bond donors (Lipinski definition) is 1. The zero-order valence-corrected chi connectivity index (χ0v) is 18.1. The van der Waals surface area contributed by atoms with E-state index in [2.05, 4.69) is 9.97 Å². The van der Waals surface area contributed by atoms with E-state index in [4.69, 9.17) is 0 Å². The molecule has 1 amide bonds. The summed E-state index contributed by atoms with van der Waals surface area (Å²) < 4.78 is 25.2. The third-order valence-electron chi connectivity index (χ3n) is 5.65. The Kier molecular flexibility index (Phi) is 5.05. The second-order valence-corrected chi connectivity index (χ2v) is 9.96. The predicted molar refractivity (Wildman–Crippen MR) is 115 cm³/mol. The van der Waals surface area contributed by atoms with Crippen molar-refractivity contribution in [3.8, 4) is 0 Å². The van der Waals surface area contributed by atoms with Gasteiger partial charge < -0.3 is 9.80 Å². The third-order valence-corrected chi connectivity index (χ3v) is 6.83. The van der Waals surface area contributed by atoms with Gasteiger partial charge in [-0.3, -0.25) is 18.9 Å². The standard InChI is InChI=1S/C20H25N5O4S/c1-23(2)20-21-16(11-18(26)22-20)15-6-8-24(12-15)19(27)14-4-5-17-13(10-14)7-9-25(17)30(3,28)29/h4-5,10-11,15H,6-9,12H2,1-3H3,(H,21,22,26)/t15-/m0/s1. The molecule has 2 aromatic rings. The number of H-pyrrole nitrogens is 1. The number of fused-ring (bicyclic) bond motifs is 1. The summed E-state index contributed by atoms with van der Waals surface area (Å²) >= 11 is 0. The van der Waals surface area contributed by atoms with E-state index in [0.717, 1.165) is 12.0 Å². The third kappa shape index (κ3) is 3.79. The van der Waals surface area contributed by atoms with Crippen LogP contribution in [0.1, 0.15) is 34.0 Å². The van der Waals surface area contributed by atoms with Crippen molar-refractivity contribution >= 4 is 27.6 Å². The lowest BCUT2D eigenvalue weighted by molar-refractivity contribution is 0.0790. The van der Waals surface area contributed by atoms with Crippen LogP contribution in [-0.2, 0) is 16.4 Å². The Labute approximate surface area is 175 Å². The van der Waals surface area contributed by atoms with Gasteiger partial charge in [-0.25, -0.2) is 13.4 Å². The van der Waals surface area contributed by atoms with Crippen molar-refractivity contribution in [3.63, 3.8) is 0 Å². The number of anilines is 2. The number of rotatable bonds is 4. The van der Waals surface area contributed by atoms with Gasteiger partial charge in [0.1, 0.15) is 0 Å². The van der Waals surface area contributed by atoms with Gasteiger partial charge in [0.25, 0.3) is 11.5 Å². The number of carbonyl (C=O) groups is 1. The largest absolute Gasteiger partial charge is 0.348 e. The Balaban J connectivity index is 1.52. The van der Waals surface area contributed by atoms with E-state index >= 15 is 0 Å². The minimum Gasteiger partial charge on any atom is -0.348 e. The molecule has 2 aliphatic rings. The highest BCUT2D eigenvalue weighted by Crippen LogP contribution is 2.32. The summed E-state index contributed by atoms with van der Waals surface area (Å²) in [6.45, 7) is 1.48. The van der Waals surface area contributed by atoms with E-state index in [1.807, 2.05) is 14.1 Å². The highest BCUT2D eigenvalue weighted by Gasteiger charge is 2.31. The molecule has 1 fully saturated rings. The molecule has 160 valence electrons. The molecule has 1 atom stereocenters. The van der Waals surface area contributed by atoms with Crippen LogP contribution in [0.15, 0.2) is 29.1 Å².